The molecule has 0 atom stereocenters. The number of methoxy groups -OCH3 is 1. The maximum Gasteiger partial charge on any atom is 0.337 e. The van der Waals surface area contributed by atoms with E-state index in [-0.39, 0.29) is 5.91 Å². The van der Waals surface area contributed by atoms with Crippen LogP contribution in [-0.2, 0) is 9.47 Å². The summed E-state index contributed by atoms with van der Waals surface area (Å²) in [5, 5.41) is 2.97. The number of nitrogens with zero attached hydrogens (tertiary/aromatic N) is 1. The van der Waals surface area contributed by atoms with Crippen LogP contribution < -0.4 is 10.2 Å². The predicted molar refractivity (Wildman–Crippen MR) is 121 cm³/mol. The first-order valence-corrected chi connectivity index (χ1v) is 10.2. The Morgan fingerprint density at radius 3 is 2.19 bits per heavy atom. The van der Waals surface area contributed by atoms with Crippen LogP contribution in [0, 0.1) is 0 Å². The van der Waals surface area contributed by atoms with Gasteiger partial charge in [0.1, 0.15) is 0 Å². The molecule has 0 radical (unpaired) electrons. The van der Waals surface area contributed by atoms with Crippen LogP contribution in [0.1, 0.15) is 20.7 Å². The van der Waals surface area contributed by atoms with E-state index in [1.807, 2.05) is 48.5 Å². The number of hydrogen-bond acceptors (Lipinski definition) is 5. The Hall–Kier alpha value is -3.64. The number of nitrogens with one attached hydrogen (secondary N) is 1. The topological polar surface area (TPSA) is 67.9 Å². The smallest absolute Gasteiger partial charge is 0.337 e. The SMILES string of the molecule is COC(=O)c1ccc(N2CCOCC2)c(NC(=O)c2ccc(-c3ccccc3)cc2)c1. The highest BCUT2D eigenvalue weighted by Crippen LogP contribution is 2.29. The number of rotatable bonds is 5. The first-order chi connectivity index (χ1) is 15.2. The molecule has 0 saturated carbocycles. The molecule has 1 aliphatic heterocycles. The van der Waals surface area contributed by atoms with Gasteiger partial charge in [-0.3, -0.25) is 4.79 Å². The van der Waals surface area contributed by atoms with Crippen LogP contribution in [0.3, 0.4) is 0 Å². The van der Waals surface area contributed by atoms with Crippen molar-refractivity contribution in [2.24, 2.45) is 0 Å². The molecule has 0 bridgehead atoms. The summed E-state index contributed by atoms with van der Waals surface area (Å²) in [6, 6.07) is 22.7. The third kappa shape index (κ3) is 4.75. The van der Waals surface area contributed by atoms with Crippen molar-refractivity contribution in [3.05, 3.63) is 83.9 Å². The van der Waals surface area contributed by atoms with Crippen molar-refractivity contribution in [2.75, 3.05) is 43.6 Å². The number of hydrogen-bond donors (Lipinski definition) is 1. The predicted octanol–water partition coefficient (Wildman–Crippen LogP) is 4.23. The van der Waals surface area contributed by atoms with Crippen molar-refractivity contribution >= 4 is 23.3 Å². The molecule has 3 aromatic rings. The van der Waals surface area contributed by atoms with Gasteiger partial charge in [0, 0.05) is 18.7 Å². The highest BCUT2D eigenvalue weighted by molar-refractivity contribution is 6.07. The van der Waals surface area contributed by atoms with Crippen molar-refractivity contribution in [1.29, 1.82) is 0 Å². The molecule has 0 aromatic heterocycles. The molecule has 1 heterocycles. The minimum atomic E-state index is -0.448. The van der Waals surface area contributed by atoms with Gasteiger partial charge in [-0.05, 0) is 41.5 Å². The molecule has 0 unspecified atom stereocenters. The van der Waals surface area contributed by atoms with Gasteiger partial charge in [0.05, 0.1) is 37.3 Å². The third-order valence-electron chi connectivity index (χ3n) is 5.27. The van der Waals surface area contributed by atoms with E-state index < -0.39 is 5.97 Å². The lowest BCUT2D eigenvalue weighted by Gasteiger charge is -2.30. The molecule has 1 amide bonds. The van der Waals surface area contributed by atoms with Crippen LogP contribution in [0.5, 0.6) is 0 Å². The Bertz CT molecular complexity index is 1060. The van der Waals surface area contributed by atoms with Gasteiger partial charge in [0.25, 0.3) is 5.91 Å². The fraction of sp³-hybridized carbons (Fsp3) is 0.200. The standard InChI is InChI=1S/C25H24N2O4/c1-30-25(29)21-11-12-23(27-13-15-31-16-14-27)22(17-21)26-24(28)20-9-7-19(8-10-20)18-5-3-2-4-6-18/h2-12,17H,13-16H2,1H3,(H,26,28). The first kappa shape index (κ1) is 20.6. The fourth-order valence-corrected chi connectivity index (χ4v) is 3.60. The molecule has 1 fully saturated rings. The maximum atomic E-state index is 13.0. The van der Waals surface area contributed by atoms with E-state index in [0.29, 0.717) is 43.1 Å². The second-order valence-electron chi connectivity index (χ2n) is 7.22. The Morgan fingerprint density at radius 2 is 1.52 bits per heavy atom. The molecular formula is C25H24N2O4. The lowest BCUT2D eigenvalue weighted by Crippen LogP contribution is -2.36. The van der Waals surface area contributed by atoms with E-state index in [1.165, 1.54) is 7.11 Å². The lowest BCUT2D eigenvalue weighted by atomic mass is 10.0. The lowest BCUT2D eigenvalue weighted by molar-refractivity contribution is 0.0600. The number of esters is 1. The number of anilines is 2. The molecule has 0 aliphatic carbocycles. The summed E-state index contributed by atoms with van der Waals surface area (Å²) >= 11 is 0. The summed E-state index contributed by atoms with van der Waals surface area (Å²) in [6.07, 6.45) is 0. The highest BCUT2D eigenvalue weighted by Gasteiger charge is 2.19. The van der Waals surface area contributed by atoms with E-state index in [4.69, 9.17) is 9.47 Å². The second kappa shape index (κ2) is 9.45. The normalized spacial score (nSPS) is 13.5. The number of ether oxygens (including phenoxy) is 2. The van der Waals surface area contributed by atoms with E-state index in [2.05, 4.69) is 10.2 Å². The van der Waals surface area contributed by atoms with Gasteiger partial charge >= 0.3 is 5.97 Å². The summed E-state index contributed by atoms with van der Waals surface area (Å²) in [7, 11) is 1.34. The summed E-state index contributed by atoms with van der Waals surface area (Å²) < 4.78 is 10.3. The zero-order chi connectivity index (χ0) is 21.6. The van der Waals surface area contributed by atoms with Gasteiger partial charge in [-0.15, -0.1) is 0 Å². The zero-order valence-corrected chi connectivity index (χ0v) is 17.3. The van der Waals surface area contributed by atoms with E-state index >= 15 is 0 Å². The van der Waals surface area contributed by atoms with Crippen molar-refractivity contribution in [3.8, 4) is 11.1 Å². The van der Waals surface area contributed by atoms with E-state index in [9.17, 15) is 9.59 Å². The molecule has 6 nitrogen and oxygen atoms in total. The van der Waals surface area contributed by atoms with Crippen molar-refractivity contribution in [2.45, 2.75) is 0 Å². The highest BCUT2D eigenvalue weighted by atomic mass is 16.5. The number of carbonyl (C=O) groups is 2. The molecule has 3 aromatic carbocycles. The Kier molecular flexibility index (Phi) is 6.29. The summed E-state index contributed by atoms with van der Waals surface area (Å²) in [5.41, 5.74) is 4.48. The van der Waals surface area contributed by atoms with Crippen molar-refractivity contribution in [1.82, 2.24) is 0 Å². The molecule has 0 spiro atoms. The summed E-state index contributed by atoms with van der Waals surface area (Å²) in [5.74, 6) is -0.688. The second-order valence-corrected chi connectivity index (χ2v) is 7.22. The van der Waals surface area contributed by atoms with Crippen LogP contribution in [-0.4, -0.2) is 45.3 Å². The fourth-order valence-electron chi connectivity index (χ4n) is 3.60. The van der Waals surface area contributed by atoms with Gasteiger partial charge in [-0.1, -0.05) is 42.5 Å². The summed E-state index contributed by atoms with van der Waals surface area (Å²) in [6.45, 7) is 2.67. The van der Waals surface area contributed by atoms with E-state index in [1.54, 1.807) is 24.3 Å². The largest absolute Gasteiger partial charge is 0.465 e. The quantitative estimate of drug-likeness (QED) is 0.631. The zero-order valence-electron chi connectivity index (χ0n) is 17.3. The Morgan fingerprint density at radius 1 is 0.871 bits per heavy atom. The van der Waals surface area contributed by atoms with Crippen LogP contribution in [0.15, 0.2) is 72.8 Å². The van der Waals surface area contributed by atoms with Crippen LogP contribution in [0.4, 0.5) is 11.4 Å². The van der Waals surface area contributed by atoms with Gasteiger partial charge in [-0.25, -0.2) is 4.79 Å². The average Bonchev–Trinajstić information content (AvgIpc) is 2.84. The molecule has 31 heavy (non-hydrogen) atoms. The molecule has 1 aliphatic rings. The first-order valence-electron chi connectivity index (χ1n) is 10.2. The van der Waals surface area contributed by atoms with Gasteiger partial charge in [0.2, 0.25) is 0 Å². The van der Waals surface area contributed by atoms with Gasteiger partial charge < -0.3 is 19.7 Å². The minimum absolute atomic E-state index is 0.240. The molecular weight excluding hydrogens is 392 g/mol. The van der Waals surface area contributed by atoms with E-state index in [0.717, 1.165) is 16.8 Å². The minimum Gasteiger partial charge on any atom is -0.465 e. The number of benzene rings is 3. The molecule has 1 N–H and O–H groups in total. The van der Waals surface area contributed by atoms with Crippen molar-refractivity contribution in [3.63, 3.8) is 0 Å². The molecule has 158 valence electrons. The van der Waals surface area contributed by atoms with Crippen molar-refractivity contribution < 1.29 is 19.1 Å². The number of morpholine rings is 1. The number of carbonyl (C=O) groups excluding carboxylic acids is 2. The third-order valence-corrected chi connectivity index (χ3v) is 5.27. The Balaban J connectivity index is 1.59. The average molecular weight is 416 g/mol. The van der Waals surface area contributed by atoms with Gasteiger partial charge in [-0.2, -0.15) is 0 Å². The van der Waals surface area contributed by atoms with Crippen LogP contribution in [0.25, 0.3) is 11.1 Å². The van der Waals surface area contributed by atoms with Gasteiger partial charge in [0.15, 0.2) is 0 Å². The Labute approximate surface area is 181 Å². The van der Waals surface area contributed by atoms with Crippen LogP contribution >= 0.6 is 0 Å². The maximum absolute atomic E-state index is 13.0. The molecule has 6 heteroatoms. The number of amides is 1. The molecule has 4 rings (SSSR count). The summed E-state index contributed by atoms with van der Waals surface area (Å²) in [4.78, 5) is 27.1. The monoisotopic (exact) mass is 416 g/mol. The molecule has 1 saturated heterocycles. The van der Waals surface area contributed by atoms with Crippen LogP contribution in [0.2, 0.25) is 0 Å².